The number of pyridine rings is 1. The highest BCUT2D eigenvalue weighted by atomic mass is 16.3. The molecular formula is C18H23N3O. The van der Waals surface area contributed by atoms with Crippen molar-refractivity contribution in [3.8, 4) is 0 Å². The fourth-order valence-corrected chi connectivity index (χ4v) is 3.96. The number of hydrogen-bond donors (Lipinski definition) is 0. The second kappa shape index (κ2) is 5.86. The third-order valence-electron chi connectivity index (χ3n) is 4.92. The van der Waals surface area contributed by atoms with E-state index >= 15 is 0 Å². The van der Waals surface area contributed by atoms with Gasteiger partial charge in [0, 0.05) is 38.9 Å². The summed E-state index contributed by atoms with van der Waals surface area (Å²) in [6.07, 6.45) is 1.89. The molecule has 2 fully saturated rings. The Balaban J connectivity index is 1.31. The van der Waals surface area contributed by atoms with Crippen molar-refractivity contribution in [1.82, 2.24) is 14.8 Å². The first-order chi connectivity index (χ1) is 10.8. The van der Waals surface area contributed by atoms with E-state index in [0.717, 1.165) is 36.4 Å². The van der Waals surface area contributed by atoms with Crippen LogP contribution in [0.5, 0.6) is 0 Å². The van der Waals surface area contributed by atoms with Gasteiger partial charge in [0.1, 0.15) is 11.5 Å². The van der Waals surface area contributed by atoms with Crippen LogP contribution in [0, 0.1) is 18.8 Å². The maximum absolute atomic E-state index is 5.71. The number of rotatable bonds is 4. The number of fused-ring (bicyclic) bond motifs is 1. The van der Waals surface area contributed by atoms with E-state index in [0.29, 0.717) is 0 Å². The SMILES string of the molecule is Cc1ccc(CN2CC3CN(Cc4ccccn4)CC3C2)o1. The van der Waals surface area contributed by atoms with Gasteiger partial charge in [-0.2, -0.15) is 0 Å². The van der Waals surface area contributed by atoms with Gasteiger partial charge in [-0.15, -0.1) is 0 Å². The zero-order valence-corrected chi connectivity index (χ0v) is 13.1. The van der Waals surface area contributed by atoms with Crippen LogP contribution in [0.4, 0.5) is 0 Å². The average Bonchev–Trinajstić information content (AvgIpc) is 3.16. The fraction of sp³-hybridized carbons (Fsp3) is 0.500. The largest absolute Gasteiger partial charge is 0.465 e. The van der Waals surface area contributed by atoms with Crippen LogP contribution in [0.3, 0.4) is 0 Å². The van der Waals surface area contributed by atoms with Gasteiger partial charge in [0.15, 0.2) is 0 Å². The molecule has 2 atom stereocenters. The molecule has 2 unspecified atom stereocenters. The summed E-state index contributed by atoms with van der Waals surface area (Å²) in [5.74, 6) is 3.72. The van der Waals surface area contributed by atoms with E-state index in [1.807, 2.05) is 19.2 Å². The molecular weight excluding hydrogens is 274 g/mol. The number of furan rings is 1. The lowest BCUT2D eigenvalue weighted by molar-refractivity contribution is 0.233. The van der Waals surface area contributed by atoms with Crippen molar-refractivity contribution in [3.63, 3.8) is 0 Å². The molecule has 0 amide bonds. The van der Waals surface area contributed by atoms with E-state index in [1.54, 1.807) is 0 Å². The maximum Gasteiger partial charge on any atom is 0.118 e. The molecule has 116 valence electrons. The van der Waals surface area contributed by atoms with Gasteiger partial charge in [-0.1, -0.05) is 6.07 Å². The average molecular weight is 297 g/mol. The Morgan fingerprint density at radius 1 is 1.00 bits per heavy atom. The Kier molecular flexibility index (Phi) is 3.72. The summed E-state index contributed by atoms with van der Waals surface area (Å²) in [5, 5.41) is 0. The summed E-state index contributed by atoms with van der Waals surface area (Å²) < 4.78 is 5.71. The molecule has 22 heavy (non-hydrogen) atoms. The zero-order valence-electron chi connectivity index (χ0n) is 13.1. The molecule has 0 saturated carbocycles. The van der Waals surface area contributed by atoms with Crippen molar-refractivity contribution in [3.05, 3.63) is 53.7 Å². The Morgan fingerprint density at radius 3 is 2.32 bits per heavy atom. The summed E-state index contributed by atoms with van der Waals surface area (Å²) in [6.45, 7) is 8.76. The molecule has 0 aliphatic carbocycles. The first-order valence-corrected chi connectivity index (χ1v) is 8.16. The molecule has 2 aliphatic rings. The molecule has 4 heteroatoms. The minimum atomic E-state index is 0.805. The predicted molar refractivity (Wildman–Crippen MR) is 85.2 cm³/mol. The minimum absolute atomic E-state index is 0.805. The van der Waals surface area contributed by atoms with E-state index < -0.39 is 0 Å². The maximum atomic E-state index is 5.71. The van der Waals surface area contributed by atoms with Gasteiger partial charge in [0.2, 0.25) is 0 Å². The summed E-state index contributed by atoms with van der Waals surface area (Å²) in [4.78, 5) is 9.55. The van der Waals surface area contributed by atoms with Gasteiger partial charge in [-0.25, -0.2) is 0 Å². The van der Waals surface area contributed by atoms with Crippen LogP contribution >= 0.6 is 0 Å². The number of hydrogen-bond acceptors (Lipinski definition) is 4. The van der Waals surface area contributed by atoms with Crippen LogP contribution in [0.1, 0.15) is 17.2 Å². The Labute approximate surface area is 131 Å². The molecule has 0 bridgehead atoms. The molecule has 0 spiro atoms. The van der Waals surface area contributed by atoms with Crippen molar-refractivity contribution >= 4 is 0 Å². The van der Waals surface area contributed by atoms with Gasteiger partial charge >= 0.3 is 0 Å². The second-order valence-corrected chi connectivity index (χ2v) is 6.74. The highest BCUT2D eigenvalue weighted by Gasteiger charge is 2.39. The molecule has 0 N–H and O–H groups in total. The number of aryl methyl sites for hydroxylation is 1. The lowest BCUT2D eigenvalue weighted by atomic mass is 10.0. The third-order valence-corrected chi connectivity index (χ3v) is 4.92. The number of likely N-dealkylation sites (tertiary alicyclic amines) is 2. The van der Waals surface area contributed by atoms with Crippen LogP contribution in [0.2, 0.25) is 0 Å². The molecule has 2 aromatic rings. The first-order valence-electron chi connectivity index (χ1n) is 8.16. The highest BCUT2D eigenvalue weighted by Crippen LogP contribution is 2.32. The molecule has 4 heterocycles. The minimum Gasteiger partial charge on any atom is -0.465 e. The normalized spacial score (nSPS) is 25.7. The van der Waals surface area contributed by atoms with Crippen LogP contribution in [0.25, 0.3) is 0 Å². The van der Waals surface area contributed by atoms with Crippen LogP contribution in [-0.4, -0.2) is 41.0 Å². The summed E-state index contributed by atoms with van der Waals surface area (Å²) in [7, 11) is 0. The summed E-state index contributed by atoms with van der Waals surface area (Å²) >= 11 is 0. The lowest BCUT2D eigenvalue weighted by Crippen LogP contribution is -2.28. The molecule has 2 aromatic heterocycles. The zero-order chi connectivity index (χ0) is 14.9. The van der Waals surface area contributed by atoms with Crippen molar-refractivity contribution in [2.24, 2.45) is 11.8 Å². The standard InChI is InChI=1S/C18H23N3O/c1-14-5-6-18(22-14)13-21-10-15-8-20(9-16(15)11-21)12-17-4-2-3-7-19-17/h2-7,15-16H,8-13H2,1H3. The Bertz CT molecular complexity index is 610. The van der Waals surface area contributed by atoms with Gasteiger partial charge in [0.05, 0.1) is 12.2 Å². The van der Waals surface area contributed by atoms with E-state index in [1.165, 1.54) is 31.9 Å². The second-order valence-electron chi connectivity index (χ2n) is 6.74. The first kappa shape index (κ1) is 14.0. The monoisotopic (exact) mass is 297 g/mol. The van der Waals surface area contributed by atoms with Crippen LogP contribution in [0.15, 0.2) is 40.9 Å². The molecule has 2 saturated heterocycles. The molecule has 4 nitrogen and oxygen atoms in total. The van der Waals surface area contributed by atoms with E-state index in [2.05, 4.69) is 39.0 Å². The molecule has 0 aromatic carbocycles. The van der Waals surface area contributed by atoms with Crippen molar-refractivity contribution in [2.75, 3.05) is 26.2 Å². The summed E-state index contributed by atoms with van der Waals surface area (Å²) in [6, 6.07) is 10.3. The van der Waals surface area contributed by atoms with Gasteiger partial charge in [-0.05, 0) is 43.0 Å². The van der Waals surface area contributed by atoms with E-state index in [-0.39, 0.29) is 0 Å². The summed E-state index contributed by atoms with van der Waals surface area (Å²) in [5.41, 5.74) is 1.19. The molecule has 2 aliphatic heterocycles. The quantitative estimate of drug-likeness (QED) is 0.868. The number of aromatic nitrogens is 1. The highest BCUT2D eigenvalue weighted by molar-refractivity contribution is 5.07. The fourth-order valence-electron chi connectivity index (χ4n) is 3.96. The van der Waals surface area contributed by atoms with E-state index in [9.17, 15) is 0 Å². The molecule has 4 rings (SSSR count). The van der Waals surface area contributed by atoms with Crippen molar-refractivity contribution in [1.29, 1.82) is 0 Å². The number of nitrogens with zero attached hydrogens (tertiary/aromatic N) is 3. The van der Waals surface area contributed by atoms with Gasteiger partial charge in [-0.3, -0.25) is 14.8 Å². The van der Waals surface area contributed by atoms with Gasteiger partial charge < -0.3 is 4.42 Å². The lowest BCUT2D eigenvalue weighted by Gasteiger charge is -2.20. The smallest absolute Gasteiger partial charge is 0.118 e. The van der Waals surface area contributed by atoms with Crippen molar-refractivity contribution in [2.45, 2.75) is 20.0 Å². The Hall–Kier alpha value is -1.65. The van der Waals surface area contributed by atoms with Crippen molar-refractivity contribution < 1.29 is 4.42 Å². The predicted octanol–water partition coefficient (Wildman–Crippen LogP) is 2.55. The Morgan fingerprint density at radius 2 is 1.73 bits per heavy atom. The van der Waals surface area contributed by atoms with Gasteiger partial charge in [0.25, 0.3) is 0 Å². The topological polar surface area (TPSA) is 32.5 Å². The van der Waals surface area contributed by atoms with Crippen LogP contribution in [-0.2, 0) is 13.1 Å². The molecule has 0 radical (unpaired) electrons. The van der Waals surface area contributed by atoms with Crippen LogP contribution < -0.4 is 0 Å². The van der Waals surface area contributed by atoms with E-state index in [4.69, 9.17) is 4.42 Å². The third kappa shape index (κ3) is 2.94.